The number of urea groups is 1. The van der Waals surface area contributed by atoms with Gasteiger partial charge < -0.3 is 10.2 Å². The molecule has 0 radical (unpaired) electrons. The van der Waals surface area contributed by atoms with Crippen LogP contribution >= 0.6 is 0 Å². The summed E-state index contributed by atoms with van der Waals surface area (Å²) in [6, 6.07) is 7.51. The van der Waals surface area contributed by atoms with Crippen LogP contribution in [-0.4, -0.2) is 46.8 Å². The van der Waals surface area contributed by atoms with Gasteiger partial charge in [-0.1, -0.05) is 49.6 Å². The predicted molar refractivity (Wildman–Crippen MR) is 98.3 cm³/mol. The Labute approximate surface area is 154 Å². The highest BCUT2D eigenvalue weighted by Gasteiger charge is 2.55. The molecule has 26 heavy (non-hydrogen) atoms. The molecule has 6 heteroatoms. The molecule has 1 heterocycles. The summed E-state index contributed by atoms with van der Waals surface area (Å²) in [5.41, 5.74) is 1.36. The number of nitrogens with one attached hydrogen (secondary N) is 1. The van der Waals surface area contributed by atoms with Crippen molar-refractivity contribution in [3.63, 3.8) is 0 Å². The molecule has 1 aromatic carbocycles. The molecule has 1 saturated carbocycles. The predicted octanol–water partition coefficient (Wildman–Crippen LogP) is 2.45. The molecule has 1 aliphatic carbocycles. The van der Waals surface area contributed by atoms with Gasteiger partial charge in [0.1, 0.15) is 12.1 Å². The summed E-state index contributed by atoms with van der Waals surface area (Å²) in [6.45, 7) is 4.26. The summed E-state index contributed by atoms with van der Waals surface area (Å²) >= 11 is 0. The van der Waals surface area contributed by atoms with Gasteiger partial charge in [-0.2, -0.15) is 0 Å². The highest BCUT2D eigenvalue weighted by Crippen LogP contribution is 2.38. The summed E-state index contributed by atoms with van der Waals surface area (Å²) in [4.78, 5) is 40.5. The zero-order chi connectivity index (χ0) is 18.9. The quantitative estimate of drug-likeness (QED) is 0.842. The smallest absolute Gasteiger partial charge is 0.325 e. The van der Waals surface area contributed by atoms with Crippen LogP contribution in [0.1, 0.15) is 43.7 Å². The van der Waals surface area contributed by atoms with E-state index in [2.05, 4.69) is 5.32 Å². The van der Waals surface area contributed by atoms with Gasteiger partial charge in [-0.05, 0) is 31.2 Å². The maximum atomic E-state index is 12.9. The number of rotatable bonds is 4. The van der Waals surface area contributed by atoms with Crippen LogP contribution < -0.4 is 5.32 Å². The van der Waals surface area contributed by atoms with Crippen LogP contribution in [0.3, 0.4) is 0 Å². The molecule has 6 nitrogen and oxygen atoms in total. The number of hydrogen-bond acceptors (Lipinski definition) is 3. The van der Waals surface area contributed by atoms with Crippen LogP contribution in [0.4, 0.5) is 4.79 Å². The van der Waals surface area contributed by atoms with Gasteiger partial charge >= 0.3 is 6.03 Å². The second-order valence-corrected chi connectivity index (χ2v) is 7.68. The Kier molecular flexibility index (Phi) is 5.03. The Morgan fingerprint density at radius 3 is 2.62 bits per heavy atom. The second-order valence-electron chi connectivity index (χ2n) is 7.68. The molecule has 3 rings (SSSR count). The summed E-state index contributed by atoms with van der Waals surface area (Å²) in [6.07, 6.45) is 3.57. The molecule has 2 fully saturated rings. The number of likely N-dealkylation sites (N-methyl/N-ethyl adjacent to an activating group) is 1. The van der Waals surface area contributed by atoms with Crippen molar-refractivity contribution in [2.24, 2.45) is 5.92 Å². The van der Waals surface area contributed by atoms with E-state index in [1.807, 2.05) is 38.1 Å². The first-order valence-electron chi connectivity index (χ1n) is 9.27. The molecule has 4 amide bonds. The van der Waals surface area contributed by atoms with Crippen LogP contribution in [0, 0.1) is 12.8 Å². The minimum atomic E-state index is -0.814. The maximum Gasteiger partial charge on any atom is 0.325 e. The Morgan fingerprint density at radius 1 is 1.27 bits per heavy atom. The zero-order valence-corrected chi connectivity index (χ0v) is 15.7. The first-order chi connectivity index (χ1) is 12.3. The normalized spacial score (nSPS) is 25.5. The first kappa shape index (κ1) is 18.4. The summed E-state index contributed by atoms with van der Waals surface area (Å²) in [5.74, 6) is -0.389. The van der Waals surface area contributed by atoms with E-state index in [9.17, 15) is 14.4 Å². The van der Waals surface area contributed by atoms with Crippen molar-refractivity contribution in [3.8, 4) is 0 Å². The third-order valence-electron chi connectivity index (χ3n) is 5.76. The van der Waals surface area contributed by atoms with Crippen molar-refractivity contribution < 1.29 is 14.4 Å². The fraction of sp³-hybridized carbons (Fsp3) is 0.550. The number of amides is 4. The Balaban J connectivity index is 1.66. The molecule has 1 N–H and O–H groups in total. The number of benzene rings is 1. The van der Waals surface area contributed by atoms with Gasteiger partial charge in [0.25, 0.3) is 5.91 Å². The highest BCUT2D eigenvalue weighted by atomic mass is 16.2. The third kappa shape index (κ3) is 3.32. The van der Waals surface area contributed by atoms with Crippen LogP contribution in [-0.2, 0) is 16.1 Å². The van der Waals surface area contributed by atoms with E-state index in [0.717, 1.165) is 35.3 Å². The number of carbonyl (C=O) groups excluding carboxylic acids is 3. The number of carbonyl (C=O) groups is 3. The molecule has 1 saturated heterocycles. The van der Waals surface area contributed by atoms with Crippen molar-refractivity contribution in [3.05, 3.63) is 35.4 Å². The fourth-order valence-electron chi connectivity index (χ4n) is 3.95. The molecule has 140 valence electrons. The van der Waals surface area contributed by atoms with Crippen LogP contribution in [0.2, 0.25) is 0 Å². The van der Waals surface area contributed by atoms with Crippen molar-refractivity contribution in [1.82, 2.24) is 15.1 Å². The monoisotopic (exact) mass is 357 g/mol. The summed E-state index contributed by atoms with van der Waals surface area (Å²) in [7, 11) is 1.69. The molecular formula is C20H27N3O3. The summed E-state index contributed by atoms with van der Waals surface area (Å²) in [5, 5.41) is 2.89. The average Bonchev–Trinajstić information content (AvgIpc) is 2.84. The van der Waals surface area contributed by atoms with Crippen molar-refractivity contribution >= 4 is 17.8 Å². The molecule has 1 aromatic rings. The lowest BCUT2D eigenvalue weighted by Gasteiger charge is -2.36. The van der Waals surface area contributed by atoms with E-state index in [1.54, 1.807) is 11.9 Å². The topological polar surface area (TPSA) is 69.7 Å². The highest BCUT2D eigenvalue weighted by molar-refractivity contribution is 6.09. The molecule has 1 aliphatic heterocycles. The Morgan fingerprint density at radius 2 is 1.96 bits per heavy atom. The van der Waals surface area contributed by atoms with Crippen LogP contribution in [0.5, 0.6) is 0 Å². The van der Waals surface area contributed by atoms with Crippen LogP contribution in [0.25, 0.3) is 0 Å². The number of aryl methyl sites for hydroxylation is 1. The van der Waals surface area contributed by atoms with E-state index in [-0.39, 0.29) is 24.3 Å². The molecular weight excluding hydrogens is 330 g/mol. The van der Waals surface area contributed by atoms with Crippen molar-refractivity contribution in [2.75, 3.05) is 13.6 Å². The van der Waals surface area contributed by atoms with Crippen LogP contribution in [0.15, 0.2) is 24.3 Å². The molecule has 2 aliphatic rings. The number of nitrogens with zero attached hydrogens (tertiary/aromatic N) is 2. The number of imide groups is 1. The van der Waals surface area contributed by atoms with Crippen molar-refractivity contribution in [1.29, 1.82) is 0 Å². The lowest BCUT2D eigenvalue weighted by molar-refractivity contribution is -0.140. The average molecular weight is 357 g/mol. The van der Waals surface area contributed by atoms with Gasteiger partial charge in [0.2, 0.25) is 5.91 Å². The molecule has 0 aromatic heterocycles. The summed E-state index contributed by atoms with van der Waals surface area (Å²) < 4.78 is 0. The van der Waals surface area contributed by atoms with Gasteiger partial charge in [0.05, 0.1) is 0 Å². The van der Waals surface area contributed by atoms with E-state index in [1.165, 1.54) is 0 Å². The SMILES string of the molecule is Cc1ccc(CN(C)C(=O)CN2C(=O)N[C@]3(CCCC[C@@H]3C)C2=O)cc1. The van der Waals surface area contributed by atoms with Gasteiger partial charge in [0.15, 0.2) is 0 Å². The lowest BCUT2D eigenvalue weighted by atomic mass is 9.73. The Hall–Kier alpha value is -2.37. The largest absolute Gasteiger partial charge is 0.340 e. The van der Waals surface area contributed by atoms with E-state index >= 15 is 0 Å². The van der Waals surface area contributed by atoms with Crippen molar-refractivity contribution in [2.45, 2.75) is 51.6 Å². The molecule has 1 spiro atoms. The van der Waals surface area contributed by atoms with E-state index in [0.29, 0.717) is 13.0 Å². The van der Waals surface area contributed by atoms with E-state index < -0.39 is 11.6 Å². The first-order valence-corrected chi connectivity index (χ1v) is 9.27. The zero-order valence-electron chi connectivity index (χ0n) is 15.7. The second kappa shape index (κ2) is 7.09. The number of hydrogen-bond donors (Lipinski definition) is 1. The lowest BCUT2D eigenvalue weighted by Crippen LogP contribution is -2.54. The minimum Gasteiger partial charge on any atom is -0.340 e. The minimum absolute atomic E-state index is 0.0955. The standard InChI is InChI=1S/C20H27N3O3/c1-14-7-9-16(10-8-14)12-22(3)17(24)13-23-18(25)20(21-19(23)26)11-5-4-6-15(20)2/h7-10,15H,4-6,11-13H2,1-3H3,(H,21,26)/t15-,20-/m0/s1. The van der Waals surface area contributed by atoms with Gasteiger partial charge in [-0.15, -0.1) is 0 Å². The molecule has 2 atom stereocenters. The van der Waals surface area contributed by atoms with Gasteiger partial charge in [0, 0.05) is 13.6 Å². The van der Waals surface area contributed by atoms with E-state index in [4.69, 9.17) is 0 Å². The maximum absolute atomic E-state index is 12.9. The third-order valence-corrected chi connectivity index (χ3v) is 5.76. The van der Waals surface area contributed by atoms with Gasteiger partial charge in [-0.25, -0.2) is 4.79 Å². The molecule has 0 unspecified atom stereocenters. The fourth-order valence-corrected chi connectivity index (χ4v) is 3.95. The van der Waals surface area contributed by atoms with Gasteiger partial charge in [-0.3, -0.25) is 14.5 Å². The Bertz CT molecular complexity index is 716. The molecule has 0 bridgehead atoms.